The predicted octanol–water partition coefficient (Wildman–Crippen LogP) is 0.812. The van der Waals surface area contributed by atoms with Crippen molar-refractivity contribution in [3.8, 4) is 0 Å². The number of pyridine rings is 1. The van der Waals surface area contributed by atoms with Crippen LogP contribution >= 0.6 is 11.6 Å². The molecule has 1 aliphatic rings. The number of sulfone groups is 1. The van der Waals surface area contributed by atoms with Crippen molar-refractivity contribution in [3.63, 3.8) is 0 Å². The molecule has 0 bridgehead atoms. The lowest BCUT2D eigenvalue weighted by molar-refractivity contribution is -0.119. The molecule has 0 aliphatic carbocycles. The summed E-state index contributed by atoms with van der Waals surface area (Å²) in [5.41, 5.74) is 0. The Labute approximate surface area is 162 Å². The van der Waals surface area contributed by atoms with Crippen molar-refractivity contribution in [2.24, 2.45) is 0 Å². The summed E-state index contributed by atoms with van der Waals surface area (Å²) in [6, 6.07) is 4.39. The average molecular weight is 432 g/mol. The van der Waals surface area contributed by atoms with E-state index in [-0.39, 0.29) is 23.0 Å². The van der Waals surface area contributed by atoms with Gasteiger partial charge in [0.05, 0.1) is 9.92 Å². The quantitative estimate of drug-likeness (QED) is 0.749. The van der Waals surface area contributed by atoms with Crippen molar-refractivity contribution >= 4 is 48.1 Å². The van der Waals surface area contributed by atoms with Crippen LogP contribution in [0.3, 0.4) is 0 Å². The monoisotopic (exact) mass is 431 g/mol. The van der Waals surface area contributed by atoms with Gasteiger partial charge in [-0.05, 0) is 12.5 Å². The fourth-order valence-corrected chi connectivity index (χ4v) is 5.70. The maximum absolute atomic E-state index is 13.1. The highest BCUT2D eigenvalue weighted by molar-refractivity contribution is 7.91. The molecule has 1 amide bonds. The summed E-state index contributed by atoms with van der Waals surface area (Å²) in [5.74, 6) is -1.26. The van der Waals surface area contributed by atoms with Crippen molar-refractivity contribution in [3.05, 3.63) is 35.6 Å². The number of carbonyl (C=O) groups is 1. The fraction of sp³-hybridized carbons (Fsp3) is 0.375. The third-order valence-electron chi connectivity index (χ3n) is 4.23. The van der Waals surface area contributed by atoms with Crippen molar-refractivity contribution < 1.29 is 21.6 Å². The van der Waals surface area contributed by atoms with E-state index in [1.807, 2.05) is 0 Å². The molecule has 1 aromatic carbocycles. The summed E-state index contributed by atoms with van der Waals surface area (Å²) < 4.78 is 49.9. The first-order valence-corrected chi connectivity index (χ1v) is 12.0. The number of carbonyl (C=O) groups excluding carboxylic acids is 1. The second-order valence-electron chi connectivity index (χ2n) is 6.46. The van der Waals surface area contributed by atoms with E-state index in [2.05, 4.69) is 10.3 Å². The van der Waals surface area contributed by atoms with E-state index < -0.39 is 37.6 Å². The van der Waals surface area contributed by atoms with Crippen LogP contribution in [-0.2, 0) is 24.7 Å². The number of hydrogen-bond acceptors (Lipinski definition) is 6. The topological polar surface area (TPSA) is 114 Å². The van der Waals surface area contributed by atoms with Gasteiger partial charge in [0.25, 0.3) is 0 Å². The molecule has 1 atom stereocenters. The molecule has 0 unspecified atom stereocenters. The van der Waals surface area contributed by atoms with Crippen LogP contribution in [0.25, 0.3) is 10.8 Å². The van der Waals surface area contributed by atoms with E-state index in [1.165, 1.54) is 16.6 Å². The summed E-state index contributed by atoms with van der Waals surface area (Å²) in [5, 5.41) is 3.83. The van der Waals surface area contributed by atoms with Gasteiger partial charge in [0.2, 0.25) is 15.9 Å². The lowest BCUT2D eigenvalue weighted by Crippen LogP contribution is -2.40. The van der Waals surface area contributed by atoms with E-state index in [0.29, 0.717) is 17.2 Å². The van der Waals surface area contributed by atoms with Crippen LogP contribution in [0.4, 0.5) is 0 Å². The number of benzene rings is 1. The Morgan fingerprint density at radius 2 is 2.04 bits per heavy atom. The van der Waals surface area contributed by atoms with Gasteiger partial charge >= 0.3 is 0 Å². The minimum absolute atomic E-state index is 0.0664. The number of sulfonamides is 1. The number of halogens is 1. The first-order valence-electron chi connectivity index (χ1n) is 8.07. The second-order valence-corrected chi connectivity index (χ2v) is 10.9. The highest BCUT2D eigenvalue weighted by atomic mass is 35.5. The highest BCUT2D eigenvalue weighted by Crippen LogP contribution is 2.32. The molecular formula is C16H18ClN3O5S2. The van der Waals surface area contributed by atoms with Gasteiger partial charge in [0, 0.05) is 48.6 Å². The van der Waals surface area contributed by atoms with E-state index in [4.69, 9.17) is 11.6 Å². The maximum Gasteiger partial charge on any atom is 0.243 e. The Kier molecular flexibility index (Phi) is 5.44. The molecule has 0 spiro atoms. The minimum Gasteiger partial charge on any atom is -0.351 e. The fourth-order valence-electron chi connectivity index (χ4n) is 3.08. The Hall–Kier alpha value is -1.75. The van der Waals surface area contributed by atoms with Crippen molar-refractivity contribution in [1.29, 1.82) is 0 Å². The van der Waals surface area contributed by atoms with E-state index in [1.54, 1.807) is 18.3 Å². The molecule has 27 heavy (non-hydrogen) atoms. The van der Waals surface area contributed by atoms with Crippen molar-refractivity contribution in [1.82, 2.24) is 14.6 Å². The number of nitrogens with one attached hydrogen (secondary N) is 1. The normalized spacial score (nSPS) is 18.7. The smallest absolute Gasteiger partial charge is 0.243 e. The number of rotatable bonds is 5. The van der Waals surface area contributed by atoms with Crippen molar-refractivity contribution in [2.45, 2.75) is 17.4 Å². The summed E-state index contributed by atoms with van der Waals surface area (Å²) >= 11 is 6.17. The first kappa shape index (κ1) is 20.0. The van der Waals surface area contributed by atoms with Crippen LogP contribution in [0.1, 0.15) is 6.42 Å². The summed E-state index contributed by atoms with van der Waals surface area (Å²) in [6.45, 7) is 0.280. The minimum atomic E-state index is -3.84. The lowest BCUT2D eigenvalue weighted by atomic mass is 10.2. The molecule has 2 aromatic rings. The van der Waals surface area contributed by atoms with E-state index >= 15 is 0 Å². The summed E-state index contributed by atoms with van der Waals surface area (Å²) in [7, 11) is -7.28. The van der Waals surface area contributed by atoms with E-state index in [9.17, 15) is 21.6 Å². The van der Waals surface area contributed by atoms with Crippen LogP contribution < -0.4 is 5.32 Å². The largest absolute Gasteiger partial charge is 0.351 e. The van der Waals surface area contributed by atoms with Crippen LogP contribution in [-0.4, -0.2) is 63.2 Å². The lowest BCUT2D eigenvalue weighted by Gasteiger charge is -2.18. The van der Waals surface area contributed by atoms with Gasteiger partial charge in [0.15, 0.2) is 9.84 Å². The van der Waals surface area contributed by atoms with Gasteiger partial charge in [-0.25, -0.2) is 16.8 Å². The molecule has 1 aliphatic heterocycles. The molecule has 0 radical (unpaired) electrons. The second kappa shape index (κ2) is 7.34. The summed E-state index contributed by atoms with van der Waals surface area (Å²) in [6.07, 6.45) is 4.30. The number of hydrogen-bond donors (Lipinski definition) is 1. The van der Waals surface area contributed by atoms with Gasteiger partial charge in [-0.15, -0.1) is 0 Å². The first-order chi connectivity index (χ1) is 12.6. The molecule has 1 N–H and O–H groups in total. The summed E-state index contributed by atoms with van der Waals surface area (Å²) in [4.78, 5) is 15.8. The molecular weight excluding hydrogens is 414 g/mol. The Balaban J connectivity index is 1.83. The average Bonchev–Trinajstić information content (AvgIpc) is 3.02. The standard InChI is InChI=1S/C16H18ClN3O5S2/c1-26(22,23)10-15(21)19-12-5-6-20(9-12)27(24,25)14-4-2-3-11-7-18-8-13(17)16(11)14/h2-4,7-8,12H,5-6,9-10H2,1H3,(H,19,21)/t12-/m1/s1. The SMILES string of the molecule is CS(=O)(=O)CC(=O)N[C@@H]1CCN(S(=O)(=O)c2cccc3cncc(Cl)c23)C1. The third-order valence-corrected chi connectivity index (χ3v) is 7.21. The van der Waals surface area contributed by atoms with Gasteiger partial charge < -0.3 is 5.32 Å². The van der Waals surface area contributed by atoms with Crippen LogP contribution in [0.2, 0.25) is 5.02 Å². The molecule has 146 valence electrons. The number of amides is 1. The molecule has 0 saturated carbocycles. The van der Waals surface area contributed by atoms with Crippen LogP contribution in [0, 0.1) is 0 Å². The highest BCUT2D eigenvalue weighted by Gasteiger charge is 2.34. The number of aromatic nitrogens is 1. The number of fused-ring (bicyclic) bond motifs is 1. The Bertz CT molecular complexity index is 1100. The third kappa shape index (κ3) is 4.40. The zero-order valence-corrected chi connectivity index (χ0v) is 16.8. The number of nitrogens with zero attached hydrogens (tertiary/aromatic N) is 2. The van der Waals surface area contributed by atoms with Gasteiger partial charge in [-0.3, -0.25) is 9.78 Å². The molecule has 8 nitrogen and oxygen atoms in total. The molecule has 11 heteroatoms. The zero-order chi connectivity index (χ0) is 19.8. The van der Waals surface area contributed by atoms with Crippen LogP contribution in [0.15, 0.2) is 35.5 Å². The zero-order valence-electron chi connectivity index (χ0n) is 14.4. The van der Waals surface area contributed by atoms with Gasteiger partial charge in [-0.2, -0.15) is 4.31 Å². The predicted molar refractivity (Wildman–Crippen MR) is 102 cm³/mol. The van der Waals surface area contributed by atoms with Crippen molar-refractivity contribution in [2.75, 3.05) is 25.1 Å². The Morgan fingerprint density at radius 3 is 2.74 bits per heavy atom. The van der Waals surface area contributed by atoms with Crippen LogP contribution in [0.5, 0.6) is 0 Å². The van der Waals surface area contributed by atoms with Gasteiger partial charge in [0.1, 0.15) is 5.75 Å². The van der Waals surface area contributed by atoms with Gasteiger partial charge in [-0.1, -0.05) is 23.7 Å². The molecule has 2 heterocycles. The Morgan fingerprint density at radius 1 is 1.30 bits per heavy atom. The molecule has 1 aromatic heterocycles. The van der Waals surface area contributed by atoms with E-state index in [0.717, 1.165) is 6.26 Å². The molecule has 3 rings (SSSR count). The molecule has 1 saturated heterocycles. The maximum atomic E-state index is 13.1. The molecule has 1 fully saturated rings.